The maximum Gasteiger partial charge on any atom is -0.00718 e. The molecule has 0 saturated carbocycles. The fourth-order valence-corrected chi connectivity index (χ4v) is 0.997. The third-order valence-electron chi connectivity index (χ3n) is 1.17. The molecule has 0 aliphatic heterocycles. The molecule has 1 nitrogen and oxygen atoms in total. The van der Waals surface area contributed by atoms with Gasteiger partial charge in [0.05, 0.1) is 0 Å². The van der Waals surface area contributed by atoms with Crippen LogP contribution in [0.15, 0.2) is 11.5 Å². The third kappa shape index (κ3) is 5.93. The van der Waals surface area contributed by atoms with Crippen molar-refractivity contribution in [3.05, 3.63) is 11.5 Å². The van der Waals surface area contributed by atoms with Gasteiger partial charge >= 0.3 is 0 Å². The SMILES string of the molecule is CS/C=C/C(C)CCN. The molecule has 0 aromatic rings. The van der Waals surface area contributed by atoms with Crippen molar-refractivity contribution in [2.24, 2.45) is 11.7 Å². The van der Waals surface area contributed by atoms with Crippen molar-refractivity contribution in [1.82, 2.24) is 0 Å². The van der Waals surface area contributed by atoms with E-state index in [-0.39, 0.29) is 0 Å². The minimum atomic E-state index is 0.641. The Morgan fingerprint density at radius 2 is 2.33 bits per heavy atom. The second kappa shape index (κ2) is 6.17. The fraction of sp³-hybridized carbons (Fsp3) is 0.714. The maximum atomic E-state index is 5.36. The minimum absolute atomic E-state index is 0.641. The van der Waals surface area contributed by atoms with Crippen LogP contribution in [-0.2, 0) is 0 Å². The van der Waals surface area contributed by atoms with Gasteiger partial charge in [0.2, 0.25) is 0 Å². The molecular formula is C7H15NS. The second-order valence-corrected chi connectivity index (χ2v) is 2.86. The highest BCUT2D eigenvalue weighted by atomic mass is 32.2. The van der Waals surface area contributed by atoms with E-state index in [1.807, 2.05) is 0 Å². The van der Waals surface area contributed by atoms with Crippen LogP contribution in [0.3, 0.4) is 0 Å². The quantitative estimate of drug-likeness (QED) is 0.653. The molecule has 0 heterocycles. The summed E-state index contributed by atoms with van der Waals surface area (Å²) in [4.78, 5) is 0. The lowest BCUT2D eigenvalue weighted by Crippen LogP contribution is -2.03. The van der Waals surface area contributed by atoms with Gasteiger partial charge in [0.15, 0.2) is 0 Å². The predicted molar refractivity (Wildman–Crippen MR) is 45.5 cm³/mol. The van der Waals surface area contributed by atoms with Crippen LogP contribution in [-0.4, -0.2) is 12.8 Å². The molecule has 0 amide bonds. The van der Waals surface area contributed by atoms with E-state index in [0.717, 1.165) is 13.0 Å². The largest absolute Gasteiger partial charge is 0.330 e. The van der Waals surface area contributed by atoms with E-state index >= 15 is 0 Å². The number of rotatable bonds is 4. The molecule has 9 heavy (non-hydrogen) atoms. The lowest BCUT2D eigenvalue weighted by Gasteiger charge is -2.00. The number of thioether (sulfide) groups is 1. The van der Waals surface area contributed by atoms with Crippen LogP contribution >= 0.6 is 11.8 Å². The zero-order valence-corrected chi connectivity index (χ0v) is 6.95. The predicted octanol–water partition coefficient (Wildman–Crippen LogP) is 1.85. The average Bonchev–Trinajstić information content (AvgIpc) is 1.85. The third-order valence-corrected chi connectivity index (χ3v) is 1.59. The standard InChI is InChI=1S/C7H15NS/c1-7(3-5-8)4-6-9-2/h4,6-7H,3,5,8H2,1-2H3/b6-4+. The highest BCUT2D eigenvalue weighted by Gasteiger charge is 1.91. The van der Waals surface area contributed by atoms with Gasteiger partial charge in [-0.3, -0.25) is 0 Å². The van der Waals surface area contributed by atoms with Gasteiger partial charge in [-0.2, -0.15) is 0 Å². The molecule has 2 N–H and O–H groups in total. The van der Waals surface area contributed by atoms with E-state index in [2.05, 4.69) is 24.7 Å². The van der Waals surface area contributed by atoms with E-state index in [9.17, 15) is 0 Å². The molecule has 0 rings (SSSR count). The first-order valence-electron chi connectivity index (χ1n) is 3.20. The summed E-state index contributed by atoms with van der Waals surface area (Å²) < 4.78 is 0. The van der Waals surface area contributed by atoms with Crippen molar-refractivity contribution in [2.45, 2.75) is 13.3 Å². The van der Waals surface area contributed by atoms with Gasteiger partial charge in [-0.05, 0) is 30.5 Å². The first-order chi connectivity index (χ1) is 4.31. The Kier molecular flexibility index (Phi) is 6.21. The molecule has 0 saturated heterocycles. The lowest BCUT2D eigenvalue weighted by molar-refractivity contribution is 0.659. The zero-order chi connectivity index (χ0) is 7.11. The molecule has 0 radical (unpaired) electrons. The van der Waals surface area contributed by atoms with E-state index < -0.39 is 0 Å². The van der Waals surface area contributed by atoms with Crippen LogP contribution in [0.4, 0.5) is 0 Å². The van der Waals surface area contributed by atoms with Gasteiger partial charge in [-0.1, -0.05) is 13.0 Å². The maximum absolute atomic E-state index is 5.36. The van der Waals surface area contributed by atoms with Crippen LogP contribution in [0.5, 0.6) is 0 Å². The summed E-state index contributed by atoms with van der Waals surface area (Å²) in [5.74, 6) is 0.641. The van der Waals surface area contributed by atoms with Crippen LogP contribution in [0.1, 0.15) is 13.3 Å². The minimum Gasteiger partial charge on any atom is -0.330 e. The van der Waals surface area contributed by atoms with Crippen molar-refractivity contribution in [2.75, 3.05) is 12.8 Å². The molecule has 54 valence electrons. The molecule has 2 heteroatoms. The topological polar surface area (TPSA) is 26.0 Å². The zero-order valence-electron chi connectivity index (χ0n) is 6.13. The Balaban J connectivity index is 3.25. The van der Waals surface area contributed by atoms with Gasteiger partial charge in [0.1, 0.15) is 0 Å². The van der Waals surface area contributed by atoms with Crippen LogP contribution < -0.4 is 5.73 Å². The van der Waals surface area contributed by atoms with Gasteiger partial charge in [0.25, 0.3) is 0 Å². The first-order valence-corrected chi connectivity index (χ1v) is 4.49. The van der Waals surface area contributed by atoms with Gasteiger partial charge < -0.3 is 5.73 Å². The Labute approximate surface area is 61.7 Å². The Morgan fingerprint density at radius 1 is 1.67 bits per heavy atom. The van der Waals surface area contributed by atoms with Crippen molar-refractivity contribution in [3.8, 4) is 0 Å². The summed E-state index contributed by atoms with van der Waals surface area (Å²) in [5.41, 5.74) is 5.36. The smallest absolute Gasteiger partial charge is 0.00718 e. The molecule has 1 atom stereocenters. The molecule has 1 unspecified atom stereocenters. The lowest BCUT2D eigenvalue weighted by atomic mass is 10.1. The van der Waals surface area contributed by atoms with Gasteiger partial charge in [-0.15, -0.1) is 11.8 Å². The molecule has 0 fully saturated rings. The fourth-order valence-electron chi connectivity index (χ4n) is 0.572. The summed E-state index contributed by atoms with van der Waals surface area (Å²) in [6.07, 6.45) is 5.35. The first kappa shape index (κ1) is 9.05. The monoisotopic (exact) mass is 145 g/mol. The Morgan fingerprint density at radius 3 is 2.78 bits per heavy atom. The normalized spacial score (nSPS) is 14.6. The molecule has 0 aromatic carbocycles. The number of hydrogen-bond acceptors (Lipinski definition) is 2. The molecule has 0 aliphatic carbocycles. The summed E-state index contributed by atoms with van der Waals surface area (Å²) >= 11 is 1.73. The van der Waals surface area contributed by atoms with Crippen molar-refractivity contribution >= 4 is 11.8 Å². The van der Waals surface area contributed by atoms with Crippen LogP contribution in [0.2, 0.25) is 0 Å². The number of allylic oxidation sites excluding steroid dienone is 1. The van der Waals surface area contributed by atoms with Crippen molar-refractivity contribution in [3.63, 3.8) is 0 Å². The van der Waals surface area contributed by atoms with Crippen LogP contribution in [0, 0.1) is 5.92 Å². The van der Waals surface area contributed by atoms with E-state index in [1.54, 1.807) is 11.8 Å². The summed E-state index contributed by atoms with van der Waals surface area (Å²) in [7, 11) is 0. The Bertz CT molecular complexity index is 81.0. The number of hydrogen-bond donors (Lipinski definition) is 1. The second-order valence-electron chi connectivity index (χ2n) is 2.12. The van der Waals surface area contributed by atoms with E-state index in [0.29, 0.717) is 5.92 Å². The van der Waals surface area contributed by atoms with Crippen molar-refractivity contribution < 1.29 is 0 Å². The summed E-state index contributed by atoms with van der Waals surface area (Å²) in [5, 5.41) is 2.11. The molecular weight excluding hydrogens is 130 g/mol. The summed E-state index contributed by atoms with van der Waals surface area (Å²) in [6, 6.07) is 0. The molecule has 0 bridgehead atoms. The number of nitrogens with two attached hydrogens (primary N) is 1. The Hall–Kier alpha value is 0.0500. The van der Waals surface area contributed by atoms with Gasteiger partial charge in [-0.25, -0.2) is 0 Å². The summed E-state index contributed by atoms with van der Waals surface area (Å²) in [6.45, 7) is 2.97. The van der Waals surface area contributed by atoms with E-state index in [1.165, 1.54) is 0 Å². The highest BCUT2D eigenvalue weighted by Crippen LogP contribution is 2.04. The van der Waals surface area contributed by atoms with E-state index in [4.69, 9.17) is 5.73 Å². The molecule has 0 aromatic heterocycles. The van der Waals surface area contributed by atoms with Crippen molar-refractivity contribution in [1.29, 1.82) is 0 Å². The highest BCUT2D eigenvalue weighted by molar-refractivity contribution is 8.01. The molecule has 0 spiro atoms. The molecule has 0 aliphatic rings. The van der Waals surface area contributed by atoms with Gasteiger partial charge in [0, 0.05) is 0 Å². The van der Waals surface area contributed by atoms with Crippen LogP contribution in [0.25, 0.3) is 0 Å². The average molecular weight is 145 g/mol.